The number of hydrogen-bond donors (Lipinski definition) is 3. The standard InChI is InChI=1S/C23H25F5N2O2S/c1-3-4-5-12-31-21-11-8-17(13-19(21)23(26,27)28)29-15(2)30-20(14-33)16-6-9-18(10-7-16)32-22(24)25/h6-11,13-14,22,29-30,33H,2-5,12H2,1H3/b20-14-. The predicted molar refractivity (Wildman–Crippen MR) is 122 cm³/mol. The van der Waals surface area contributed by atoms with E-state index in [9.17, 15) is 22.0 Å². The van der Waals surface area contributed by atoms with E-state index in [0.29, 0.717) is 17.7 Å². The molecule has 0 saturated carbocycles. The molecular weight excluding hydrogens is 463 g/mol. The van der Waals surface area contributed by atoms with E-state index >= 15 is 0 Å². The summed E-state index contributed by atoms with van der Waals surface area (Å²) in [6.07, 6.45) is -2.12. The van der Waals surface area contributed by atoms with Gasteiger partial charge >= 0.3 is 12.8 Å². The van der Waals surface area contributed by atoms with Gasteiger partial charge < -0.3 is 20.1 Å². The Morgan fingerprint density at radius 2 is 1.82 bits per heavy atom. The van der Waals surface area contributed by atoms with Crippen molar-refractivity contribution in [3.05, 3.63) is 71.4 Å². The molecule has 0 aliphatic carbocycles. The highest BCUT2D eigenvalue weighted by Gasteiger charge is 2.34. The molecule has 2 rings (SSSR count). The lowest BCUT2D eigenvalue weighted by molar-refractivity contribution is -0.138. The van der Waals surface area contributed by atoms with E-state index < -0.39 is 18.4 Å². The van der Waals surface area contributed by atoms with Gasteiger partial charge in [-0.15, -0.1) is 12.6 Å². The van der Waals surface area contributed by atoms with Crippen LogP contribution in [0.3, 0.4) is 0 Å². The summed E-state index contributed by atoms with van der Waals surface area (Å²) in [7, 11) is 0. The van der Waals surface area contributed by atoms with Crippen LogP contribution in [-0.2, 0) is 6.18 Å². The van der Waals surface area contributed by atoms with E-state index in [2.05, 4.69) is 34.6 Å². The van der Waals surface area contributed by atoms with E-state index in [-0.39, 0.29) is 29.6 Å². The fraction of sp³-hybridized carbons (Fsp3) is 0.304. The van der Waals surface area contributed by atoms with Gasteiger partial charge in [-0.1, -0.05) is 26.3 Å². The maximum absolute atomic E-state index is 13.5. The first kappa shape index (κ1) is 26.4. The van der Waals surface area contributed by atoms with Crippen molar-refractivity contribution in [1.29, 1.82) is 0 Å². The van der Waals surface area contributed by atoms with Crippen molar-refractivity contribution >= 4 is 24.0 Å². The molecule has 0 amide bonds. The Morgan fingerprint density at radius 3 is 2.39 bits per heavy atom. The second kappa shape index (κ2) is 12.4. The van der Waals surface area contributed by atoms with Gasteiger partial charge in [0.15, 0.2) is 0 Å². The molecule has 2 N–H and O–H groups in total. The minimum Gasteiger partial charge on any atom is -0.493 e. The summed E-state index contributed by atoms with van der Waals surface area (Å²) in [5.74, 6) is -0.0707. The number of halogens is 5. The molecule has 0 aliphatic rings. The first-order valence-corrected chi connectivity index (χ1v) is 10.6. The van der Waals surface area contributed by atoms with Gasteiger partial charge in [0.05, 0.1) is 17.9 Å². The molecule has 0 bridgehead atoms. The van der Waals surface area contributed by atoms with Gasteiger partial charge in [-0.05, 0) is 59.9 Å². The monoisotopic (exact) mass is 488 g/mol. The maximum atomic E-state index is 13.5. The van der Waals surface area contributed by atoms with Gasteiger partial charge in [0.25, 0.3) is 0 Å². The molecule has 0 aromatic heterocycles. The van der Waals surface area contributed by atoms with E-state index in [1.165, 1.54) is 41.8 Å². The van der Waals surface area contributed by atoms with Crippen molar-refractivity contribution in [2.45, 2.75) is 39.0 Å². The molecule has 4 nitrogen and oxygen atoms in total. The molecule has 180 valence electrons. The van der Waals surface area contributed by atoms with Crippen LogP contribution >= 0.6 is 12.6 Å². The number of alkyl halides is 5. The SMILES string of the molecule is C=C(N/C(=C\S)c1ccc(OC(F)F)cc1)Nc1ccc(OCCCCC)c(C(F)(F)F)c1. The van der Waals surface area contributed by atoms with Crippen LogP contribution in [0.1, 0.15) is 37.3 Å². The Bertz CT molecular complexity index is 947. The van der Waals surface area contributed by atoms with Gasteiger partial charge in [0.2, 0.25) is 0 Å². The Kier molecular flexibility index (Phi) is 9.90. The van der Waals surface area contributed by atoms with Crippen LogP contribution in [0.15, 0.2) is 60.3 Å². The average molecular weight is 489 g/mol. The number of unbranched alkanes of at least 4 members (excludes halogenated alkanes) is 2. The van der Waals surface area contributed by atoms with Crippen LogP contribution in [0.2, 0.25) is 0 Å². The normalized spacial score (nSPS) is 11.9. The molecule has 0 unspecified atom stereocenters. The maximum Gasteiger partial charge on any atom is 0.420 e. The van der Waals surface area contributed by atoms with Crippen molar-refractivity contribution < 1.29 is 31.4 Å². The van der Waals surface area contributed by atoms with Crippen molar-refractivity contribution in [3.8, 4) is 11.5 Å². The minimum absolute atomic E-state index is 0.0131. The summed E-state index contributed by atoms with van der Waals surface area (Å²) in [6, 6.07) is 9.41. The molecule has 0 heterocycles. The summed E-state index contributed by atoms with van der Waals surface area (Å²) in [6.45, 7) is 3.03. The summed E-state index contributed by atoms with van der Waals surface area (Å²) < 4.78 is 74.8. The zero-order valence-corrected chi connectivity index (χ0v) is 18.8. The van der Waals surface area contributed by atoms with Crippen LogP contribution in [0.25, 0.3) is 5.70 Å². The van der Waals surface area contributed by atoms with E-state index in [0.717, 1.165) is 18.9 Å². The predicted octanol–water partition coefficient (Wildman–Crippen LogP) is 7.28. The molecule has 0 atom stereocenters. The van der Waals surface area contributed by atoms with E-state index in [1.54, 1.807) is 0 Å². The van der Waals surface area contributed by atoms with Crippen molar-refractivity contribution in [2.75, 3.05) is 11.9 Å². The second-order valence-corrected chi connectivity index (χ2v) is 7.20. The zero-order valence-electron chi connectivity index (χ0n) is 17.9. The molecule has 0 saturated heterocycles. The van der Waals surface area contributed by atoms with Crippen molar-refractivity contribution in [2.24, 2.45) is 0 Å². The van der Waals surface area contributed by atoms with Crippen LogP contribution < -0.4 is 20.1 Å². The van der Waals surface area contributed by atoms with E-state index in [4.69, 9.17) is 4.74 Å². The average Bonchev–Trinajstić information content (AvgIpc) is 2.75. The molecule has 33 heavy (non-hydrogen) atoms. The first-order valence-electron chi connectivity index (χ1n) is 10.1. The van der Waals surface area contributed by atoms with Gasteiger partial charge in [-0.25, -0.2) is 0 Å². The van der Waals surface area contributed by atoms with Gasteiger partial charge in [0.1, 0.15) is 17.3 Å². The lowest BCUT2D eigenvalue weighted by Gasteiger charge is -2.18. The van der Waals surface area contributed by atoms with Gasteiger partial charge in [-0.3, -0.25) is 0 Å². The minimum atomic E-state index is -4.59. The molecule has 10 heteroatoms. The number of nitrogens with one attached hydrogen (secondary N) is 2. The lowest BCUT2D eigenvalue weighted by Crippen LogP contribution is -2.18. The molecule has 2 aromatic carbocycles. The quantitative estimate of drug-likeness (QED) is 0.167. The third-order valence-electron chi connectivity index (χ3n) is 4.39. The van der Waals surface area contributed by atoms with Crippen molar-refractivity contribution in [1.82, 2.24) is 5.32 Å². The Balaban J connectivity index is 2.08. The van der Waals surface area contributed by atoms with Crippen molar-refractivity contribution in [3.63, 3.8) is 0 Å². The fourth-order valence-corrected chi connectivity index (χ4v) is 3.07. The van der Waals surface area contributed by atoms with Crippen LogP contribution in [0.4, 0.5) is 27.6 Å². The topological polar surface area (TPSA) is 42.5 Å². The van der Waals surface area contributed by atoms with Crippen LogP contribution in [0.5, 0.6) is 11.5 Å². The molecule has 0 aliphatic heterocycles. The highest BCUT2D eigenvalue weighted by molar-refractivity contribution is 7.83. The number of hydrogen-bond acceptors (Lipinski definition) is 5. The highest BCUT2D eigenvalue weighted by Crippen LogP contribution is 2.38. The summed E-state index contributed by atoms with van der Waals surface area (Å²) in [5, 5.41) is 7.07. The zero-order chi connectivity index (χ0) is 24.4. The molecule has 2 aromatic rings. The Hall–Kier alpha value is -2.88. The number of benzene rings is 2. The lowest BCUT2D eigenvalue weighted by atomic mass is 10.1. The molecular formula is C23H25F5N2O2S. The van der Waals surface area contributed by atoms with E-state index in [1.807, 2.05) is 6.92 Å². The number of anilines is 1. The third-order valence-corrected chi connectivity index (χ3v) is 4.65. The number of ether oxygens (including phenoxy) is 2. The smallest absolute Gasteiger partial charge is 0.420 e. The Labute approximate surface area is 194 Å². The van der Waals surface area contributed by atoms with Crippen LogP contribution in [0, 0.1) is 0 Å². The summed E-state index contributed by atoms with van der Waals surface area (Å²) in [5.41, 5.74) is 0.268. The molecule has 0 radical (unpaired) electrons. The summed E-state index contributed by atoms with van der Waals surface area (Å²) >= 11 is 4.11. The second-order valence-electron chi connectivity index (χ2n) is 6.94. The number of thiol groups is 1. The summed E-state index contributed by atoms with van der Waals surface area (Å²) in [4.78, 5) is 0. The molecule has 0 fully saturated rings. The molecule has 0 spiro atoms. The number of rotatable bonds is 12. The third kappa shape index (κ3) is 8.53. The highest BCUT2D eigenvalue weighted by atomic mass is 32.1. The van der Waals surface area contributed by atoms with Crippen LogP contribution in [-0.4, -0.2) is 13.2 Å². The largest absolute Gasteiger partial charge is 0.493 e. The Morgan fingerprint density at radius 1 is 1.12 bits per heavy atom. The first-order chi connectivity index (χ1) is 15.6. The van der Waals surface area contributed by atoms with Gasteiger partial charge in [-0.2, -0.15) is 22.0 Å². The fourth-order valence-electron chi connectivity index (χ4n) is 2.85. The van der Waals surface area contributed by atoms with Gasteiger partial charge in [0, 0.05) is 5.69 Å².